The van der Waals surface area contributed by atoms with Crippen LogP contribution in [0.1, 0.15) is 18.4 Å². The molecule has 242 valence electrons. The van der Waals surface area contributed by atoms with Gasteiger partial charge in [0.25, 0.3) is 0 Å². The van der Waals surface area contributed by atoms with E-state index in [9.17, 15) is 26.0 Å². The number of likely N-dealkylation sites (tertiary alicyclic amines) is 1. The van der Waals surface area contributed by atoms with Gasteiger partial charge in [0.15, 0.2) is 9.84 Å². The van der Waals surface area contributed by atoms with Crippen molar-refractivity contribution in [2.24, 2.45) is 0 Å². The summed E-state index contributed by atoms with van der Waals surface area (Å²) in [5.41, 5.74) is 1.70. The molecule has 2 N–H and O–H groups in total. The first-order chi connectivity index (χ1) is 21.8. The molecule has 2 amide bonds. The van der Waals surface area contributed by atoms with E-state index in [-0.39, 0.29) is 22.3 Å². The Morgan fingerprint density at radius 3 is 2.26 bits per heavy atom. The van der Waals surface area contributed by atoms with Crippen LogP contribution in [0.2, 0.25) is 0 Å². The number of urea groups is 1. The SMILES string of the molecule is CS(=O)(=O)Nc1cc(NC(=O)N(c2ccccc2)C2CCN(Cc3ccc(Oc4ccc(S(C)(=O)=O)cc4)nc3)CC2)ccc1F. The minimum absolute atomic E-state index is 0.115. The van der Waals surface area contributed by atoms with Gasteiger partial charge >= 0.3 is 6.03 Å². The zero-order valence-electron chi connectivity index (χ0n) is 25.3. The summed E-state index contributed by atoms with van der Waals surface area (Å²) in [5, 5.41) is 2.80. The van der Waals surface area contributed by atoms with Gasteiger partial charge in [0.05, 0.1) is 16.8 Å². The summed E-state index contributed by atoms with van der Waals surface area (Å²) in [7, 11) is -7.00. The molecule has 0 saturated carbocycles. The van der Waals surface area contributed by atoms with Gasteiger partial charge < -0.3 is 10.1 Å². The van der Waals surface area contributed by atoms with Crippen molar-refractivity contribution in [3.8, 4) is 11.6 Å². The molecule has 0 radical (unpaired) electrons. The Hall–Kier alpha value is -4.53. The van der Waals surface area contributed by atoms with E-state index in [0.29, 0.717) is 36.7 Å². The molecule has 1 aromatic heterocycles. The van der Waals surface area contributed by atoms with Crippen molar-refractivity contribution in [3.63, 3.8) is 0 Å². The maximum absolute atomic E-state index is 14.2. The number of carbonyl (C=O) groups excluding carboxylic acids is 1. The molecule has 1 fully saturated rings. The number of pyridine rings is 1. The maximum atomic E-state index is 14.2. The first-order valence-electron chi connectivity index (χ1n) is 14.4. The molecule has 1 aliphatic heterocycles. The smallest absolute Gasteiger partial charge is 0.326 e. The number of piperidine rings is 1. The summed E-state index contributed by atoms with van der Waals surface area (Å²) in [5.74, 6) is 0.112. The zero-order chi connectivity index (χ0) is 32.9. The molecular weight excluding hydrogens is 634 g/mol. The van der Waals surface area contributed by atoms with E-state index in [1.165, 1.54) is 24.3 Å². The molecule has 1 saturated heterocycles. The number of amides is 2. The van der Waals surface area contributed by atoms with E-state index in [2.05, 4.69) is 19.9 Å². The Morgan fingerprint density at radius 2 is 1.65 bits per heavy atom. The van der Waals surface area contributed by atoms with Gasteiger partial charge in [0.2, 0.25) is 15.9 Å². The van der Waals surface area contributed by atoms with Gasteiger partial charge in [0.1, 0.15) is 11.6 Å². The van der Waals surface area contributed by atoms with Gasteiger partial charge in [-0.25, -0.2) is 31.0 Å². The molecule has 1 aliphatic rings. The summed E-state index contributed by atoms with van der Waals surface area (Å²) >= 11 is 0. The number of sulfone groups is 1. The fraction of sp³-hybridized carbons (Fsp3) is 0.250. The molecule has 0 bridgehead atoms. The number of hydrogen-bond donors (Lipinski definition) is 2. The maximum Gasteiger partial charge on any atom is 0.326 e. The highest BCUT2D eigenvalue weighted by atomic mass is 32.2. The number of rotatable bonds is 10. The predicted molar refractivity (Wildman–Crippen MR) is 175 cm³/mol. The van der Waals surface area contributed by atoms with Crippen LogP contribution >= 0.6 is 0 Å². The number of benzene rings is 3. The molecule has 2 heterocycles. The van der Waals surface area contributed by atoms with E-state index < -0.39 is 31.7 Å². The van der Waals surface area contributed by atoms with Crippen LogP contribution in [0.4, 0.5) is 26.2 Å². The van der Waals surface area contributed by atoms with Crippen molar-refractivity contribution in [2.45, 2.75) is 30.3 Å². The van der Waals surface area contributed by atoms with Gasteiger partial charge in [-0.3, -0.25) is 14.5 Å². The van der Waals surface area contributed by atoms with Gasteiger partial charge in [-0.1, -0.05) is 24.3 Å². The number of sulfonamides is 1. The number of halogens is 1. The molecule has 14 heteroatoms. The number of nitrogens with zero attached hydrogens (tertiary/aromatic N) is 3. The van der Waals surface area contributed by atoms with Crippen molar-refractivity contribution in [1.82, 2.24) is 9.88 Å². The number of aromatic nitrogens is 1. The van der Waals surface area contributed by atoms with Crippen molar-refractivity contribution in [3.05, 3.63) is 103 Å². The second kappa shape index (κ2) is 13.8. The normalized spacial score (nSPS) is 14.4. The van der Waals surface area contributed by atoms with E-state index >= 15 is 0 Å². The number of carbonyl (C=O) groups is 1. The lowest BCUT2D eigenvalue weighted by Gasteiger charge is -2.38. The molecule has 0 aliphatic carbocycles. The molecule has 0 spiro atoms. The minimum Gasteiger partial charge on any atom is -0.439 e. The van der Waals surface area contributed by atoms with Crippen LogP contribution in [0.25, 0.3) is 0 Å². The Morgan fingerprint density at radius 1 is 0.957 bits per heavy atom. The largest absolute Gasteiger partial charge is 0.439 e. The number of anilines is 3. The molecule has 0 unspecified atom stereocenters. The summed E-state index contributed by atoms with van der Waals surface area (Å²) in [6, 6.07) is 22.3. The zero-order valence-corrected chi connectivity index (χ0v) is 26.9. The fourth-order valence-corrected chi connectivity index (χ4v) is 6.37. The lowest BCUT2D eigenvalue weighted by molar-refractivity contribution is 0.199. The lowest BCUT2D eigenvalue weighted by atomic mass is 10.0. The first-order valence-corrected chi connectivity index (χ1v) is 18.2. The van der Waals surface area contributed by atoms with Crippen molar-refractivity contribution in [1.29, 1.82) is 0 Å². The summed E-state index contributed by atoms with van der Waals surface area (Å²) < 4.78 is 68.7. The van der Waals surface area contributed by atoms with E-state index in [1.54, 1.807) is 29.3 Å². The summed E-state index contributed by atoms with van der Waals surface area (Å²) in [6.07, 6.45) is 5.21. The Balaban J connectivity index is 1.20. The Kier molecular flexibility index (Phi) is 9.89. The standard InChI is InChI=1S/C32H34FN5O6S2/c1-45(40,41)28-12-10-27(11-13-28)44-31-15-8-23(21-34-31)22-37-18-16-26(17-19-37)38(25-6-4-3-5-7-25)32(39)35-24-9-14-29(33)30(20-24)36-46(2,42)43/h3-15,20-21,26,36H,16-19,22H2,1-2H3,(H,35,39). The lowest BCUT2D eigenvalue weighted by Crippen LogP contribution is -2.49. The Labute approximate surface area is 268 Å². The summed E-state index contributed by atoms with van der Waals surface area (Å²) in [6.45, 7) is 2.11. The molecule has 11 nitrogen and oxygen atoms in total. The van der Waals surface area contributed by atoms with Crippen LogP contribution in [0.15, 0.2) is 96.0 Å². The number of nitrogens with one attached hydrogen (secondary N) is 2. The molecule has 3 aromatic carbocycles. The van der Waals surface area contributed by atoms with E-state index in [4.69, 9.17) is 4.74 Å². The molecular formula is C32H34FN5O6S2. The van der Waals surface area contributed by atoms with Crippen molar-refractivity contribution < 1.29 is 30.8 Å². The van der Waals surface area contributed by atoms with Crippen LogP contribution in [-0.4, -0.2) is 64.4 Å². The quantitative estimate of drug-likeness (QED) is 0.227. The summed E-state index contributed by atoms with van der Waals surface area (Å²) in [4.78, 5) is 22.2. The van der Waals surface area contributed by atoms with Gasteiger partial charge in [0, 0.05) is 55.6 Å². The van der Waals surface area contributed by atoms with Crippen LogP contribution in [0, 0.1) is 5.82 Å². The molecule has 0 atom stereocenters. The second-order valence-electron chi connectivity index (χ2n) is 11.1. The number of para-hydroxylation sites is 1. The van der Waals surface area contributed by atoms with E-state index in [0.717, 1.165) is 37.2 Å². The highest BCUT2D eigenvalue weighted by Crippen LogP contribution is 2.28. The van der Waals surface area contributed by atoms with Crippen LogP contribution in [-0.2, 0) is 26.4 Å². The van der Waals surface area contributed by atoms with Crippen LogP contribution < -0.4 is 19.7 Å². The highest BCUT2D eigenvalue weighted by molar-refractivity contribution is 7.92. The van der Waals surface area contributed by atoms with E-state index in [1.807, 2.05) is 36.4 Å². The minimum atomic E-state index is -3.71. The average molecular weight is 668 g/mol. The number of hydrogen-bond acceptors (Lipinski definition) is 8. The van der Waals surface area contributed by atoms with Gasteiger partial charge in [-0.2, -0.15) is 0 Å². The first kappa shape index (κ1) is 32.9. The van der Waals surface area contributed by atoms with Crippen molar-refractivity contribution >= 4 is 43.0 Å². The third-order valence-electron chi connectivity index (χ3n) is 7.37. The van der Waals surface area contributed by atoms with Gasteiger partial charge in [-0.15, -0.1) is 0 Å². The molecule has 5 rings (SSSR count). The van der Waals surface area contributed by atoms with Crippen molar-refractivity contribution in [2.75, 3.05) is 40.5 Å². The second-order valence-corrected chi connectivity index (χ2v) is 14.8. The topological polar surface area (TPSA) is 138 Å². The molecule has 46 heavy (non-hydrogen) atoms. The highest BCUT2D eigenvalue weighted by Gasteiger charge is 2.29. The average Bonchev–Trinajstić information content (AvgIpc) is 3.00. The number of ether oxygens (including phenoxy) is 1. The predicted octanol–water partition coefficient (Wildman–Crippen LogP) is 5.49. The van der Waals surface area contributed by atoms with Crippen LogP contribution in [0.3, 0.4) is 0 Å². The molecule has 4 aromatic rings. The Bertz CT molecular complexity index is 1880. The third-order valence-corrected chi connectivity index (χ3v) is 9.09. The fourth-order valence-electron chi connectivity index (χ4n) is 5.18. The third kappa shape index (κ3) is 8.80. The van der Waals surface area contributed by atoms with Crippen LogP contribution in [0.5, 0.6) is 11.6 Å². The van der Waals surface area contributed by atoms with Gasteiger partial charge in [-0.05, 0) is 73.0 Å². The monoisotopic (exact) mass is 667 g/mol.